The highest BCUT2D eigenvalue weighted by molar-refractivity contribution is 5.92. The van der Waals surface area contributed by atoms with Crippen LogP contribution in [0.1, 0.15) is 22.4 Å². The van der Waals surface area contributed by atoms with Crippen LogP contribution in [0.2, 0.25) is 0 Å². The van der Waals surface area contributed by atoms with Crippen LogP contribution >= 0.6 is 0 Å². The number of amides is 1. The standard InChI is InChI=1S/C25H22FN7O/c1-15-4-9-20(10-16(15)2)32-24-21(13-29-32)25(28-14-27-24)33-22(11-17(3)31-33)30-23(34)12-18-5-7-19(26)8-6-18/h4-11,13-14H,12H2,1-3H3,(H,30,34). The highest BCUT2D eigenvalue weighted by Gasteiger charge is 2.18. The van der Waals surface area contributed by atoms with Crippen LogP contribution in [0.15, 0.2) is 61.1 Å². The summed E-state index contributed by atoms with van der Waals surface area (Å²) in [6.07, 6.45) is 3.26. The van der Waals surface area contributed by atoms with Gasteiger partial charge in [0.2, 0.25) is 5.91 Å². The van der Waals surface area contributed by atoms with Crippen molar-refractivity contribution in [2.45, 2.75) is 27.2 Å². The summed E-state index contributed by atoms with van der Waals surface area (Å²) in [5.41, 5.74) is 5.30. The molecular formula is C25H22FN7O. The van der Waals surface area contributed by atoms with Gasteiger partial charge in [0.1, 0.15) is 18.0 Å². The first kappa shape index (κ1) is 21.4. The molecule has 0 bridgehead atoms. The van der Waals surface area contributed by atoms with Gasteiger partial charge >= 0.3 is 0 Å². The fourth-order valence-electron chi connectivity index (χ4n) is 3.77. The molecule has 1 amide bonds. The first-order valence-electron chi connectivity index (χ1n) is 10.8. The Morgan fingerprint density at radius 1 is 0.971 bits per heavy atom. The summed E-state index contributed by atoms with van der Waals surface area (Å²) >= 11 is 0. The van der Waals surface area contributed by atoms with E-state index in [0.29, 0.717) is 33.9 Å². The van der Waals surface area contributed by atoms with Crippen LogP contribution in [0.4, 0.5) is 10.2 Å². The van der Waals surface area contributed by atoms with Crippen LogP contribution in [0.3, 0.4) is 0 Å². The van der Waals surface area contributed by atoms with E-state index in [9.17, 15) is 9.18 Å². The predicted molar refractivity (Wildman–Crippen MR) is 127 cm³/mol. The lowest BCUT2D eigenvalue weighted by Gasteiger charge is -2.10. The van der Waals surface area contributed by atoms with Gasteiger partial charge < -0.3 is 5.32 Å². The van der Waals surface area contributed by atoms with Crippen LogP contribution in [0, 0.1) is 26.6 Å². The number of carbonyl (C=O) groups is 1. The van der Waals surface area contributed by atoms with Crippen LogP contribution in [0.25, 0.3) is 22.5 Å². The van der Waals surface area contributed by atoms with Gasteiger partial charge in [-0.05, 0) is 61.7 Å². The van der Waals surface area contributed by atoms with E-state index in [1.54, 1.807) is 33.8 Å². The molecule has 170 valence electrons. The molecule has 3 aromatic heterocycles. The van der Waals surface area contributed by atoms with Crippen molar-refractivity contribution < 1.29 is 9.18 Å². The lowest BCUT2D eigenvalue weighted by atomic mass is 10.1. The number of aryl methyl sites for hydroxylation is 3. The maximum atomic E-state index is 13.2. The zero-order valence-corrected chi connectivity index (χ0v) is 19.0. The van der Waals surface area contributed by atoms with Gasteiger partial charge in [-0.1, -0.05) is 18.2 Å². The van der Waals surface area contributed by atoms with Gasteiger partial charge in [0.15, 0.2) is 11.5 Å². The highest BCUT2D eigenvalue weighted by atomic mass is 19.1. The van der Waals surface area contributed by atoms with Crippen LogP contribution < -0.4 is 5.32 Å². The highest BCUT2D eigenvalue weighted by Crippen LogP contribution is 2.25. The Labute approximate surface area is 195 Å². The fraction of sp³-hybridized carbons (Fsp3) is 0.160. The Bertz CT molecular complexity index is 1520. The minimum atomic E-state index is -0.341. The summed E-state index contributed by atoms with van der Waals surface area (Å²) in [4.78, 5) is 21.6. The van der Waals surface area contributed by atoms with Crippen molar-refractivity contribution in [2.75, 3.05) is 5.32 Å². The summed E-state index contributed by atoms with van der Waals surface area (Å²) in [5, 5.41) is 12.7. The Morgan fingerprint density at radius 3 is 2.53 bits per heavy atom. The molecule has 5 rings (SSSR count). The molecule has 0 saturated heterocycles. The Balaban J connectivity index is 1.50. The number of benzene rings is 2. The van der Waals surface area contributed by atoms with Crippen molar-refractivity contribution in [3.8, 4) is 11.5 Å². The van der Waals surface area contributed by atoms with Gasteiger partial charge in [-0.3, -0.25) is 4.79 Å². The molecule has 0 fully saturated rings. The molecule has 1 N–H and O–H groups in total. The molecule has 0 unspecified atom stereocenters. The zero-order valence-electron chi connectivity index (χ0n) is 19.0. The number of anilines is 1. The molecule has 9 heteroatoms. The second-order valence-electron chi connectivity index (χ2n) is 8.19. The second kappa shape index (κ2) is 8.51. The molecule has 0 aliphatic heterocycles. The van der Waals surface area contributed by atoms with Crippen molar-refractivity contribution in [3.05, 3.63) is 89.3 Å². The fourth-order valence-corrected chi connectivity index (χ4v) is 3.77. The van der Waals surface area contributed by atoms with E-state index in [4.69, 9.17) is 0 Å². The summed E-state index contributed by atoms with van der Waals surface area (Å²) in [6, 6.07) is 13.7. The third kappa shape index (κ3) is 4.03. The first-order valence-corrected chi connectivity index (χ1v) is 10.8. The topological polar surface area (TPSA) is 90.5 Å². The van der Waals surface area contributed by atoms with Crippen LogP contribution in [-0.2, 0) is 11.2 Å². The van der Waals surface area contributed by atoms with Gasteiger partial charge in [-0.2, -0.15) is 14.9 Å². The summed E-state index contributed by atoms with van der Waals surface area (Å²) in [7, 11) is 0. The Kier molecular flexibility index (Phi) is 5.37. The first-order chi connectivity index (χ1) is 16.4. The van der Waals surface area contributed by atoms with Crippen molar-refractivity contribution in [1.29, 1.82) is 0 Å². The van der Waals surface area contributed by atoms with Gasteiger partial charge in [-0.25, -0.2) is 19.0 Å². The molecule has 0 saturated carbocycles. The SMILES string of the molecule is Cc1cc(NC(=O)Cc2ccc(F)cc2)n(-c2ncnc3c2cnn3-c2ccc(C)c(C)c2)n1. The number of halogens is 1. The Morgan fingerprint density at radius 2 is 1.76 bits per heavy atom. The van der Waals surface area contributed by atoms with Crippen LogP contribution in [0.5, 0.6) is 0 Å². The summed E-state index contributed by atoms with van der Waals surface area (Å²) in [5.74, 6) is 0.393. The van der Waals surface area contributed by atoms with E-state index < -0.39 is 0 Å². The molecule has 2 aromatic carbocycles. The van der Waals surface area contributed by atoms with Crippen molar-refractivity contribution >= 4 is 22.8 Å². The molecule has 0 aliphatic carbocycles. The largest absolute Gasteiger partial charge is 0.310 e. The maximum absolute atomic E-state index is 13.2. The minimum absolute atomic E-state index is 0.106. The summed E-state index contributed by atoms with van der Waals surface area (Å²) < 4.78 is 16.5. The second-order valence-corrected chi connectivity index (χ2v) is 8.19. The van der Waals surface area contributed by atoms with E-state index in [1.807, 2.05) is 19.1 Å². The predicted octanol–water partition coefficient (Wildman–Crippen LogP) is 4.25. The smallest absolute Gasteiger partial charge is 0.229 e. The molecule has 0 aliphatic rings. The van der Waals surface area contributed by atoms with Gasteiger partial charge in [0, 0.05) is 6.07 Å². The quantitative estimate of drug-likeness (QED) is 0.428. The van der Waals surface area contributed by atoms with Crippen LogP contribution in [-0.4, -0.2) is 35.4 Å². The maximum Gasteiger partial charge on any atom is 0.229 e. The molecule has 34 heavy (non-hydrogen) atoms. The molecular weight excluding hydrogens is 433 g/mol. The molecule has 8 nitrogen and oxygen atoms in total. The average molecular weight is 455 g/mol. The molecule has 5 aromatic rings. The number of aromatic nitrogens is 6. The molecule has 0 spiro atoms. The zero-order chi connectivity index (χ0) is 23.8. The molecule has 0 atom stereocenters. The number of rotatable bonds is 5. The molecule has 0 radical (unpaired) electrons. The van der Waals surface area contributed by atoms with Gasteiger partial charge in [-0.15, -0.1) is 0 Å². The number of hydrogen-bond acceptors (Lipinski definition) is 5. The third-order valence-corrected chi connectivity index (χ3v) is 5.66. The summed E-state index contributed by atoms with van der Waals surface area (Å²) in [6.45, 7) is 5.95. The van der Waals surface area contributed by atoms with E-state index in [-0.39, 0.29) is 18.1 Å². The van der Waals surface area contributed by atoms with Gasteiger partial charge in [0.25, 0.3) is 0 Å². The van der Waals surface area contributed by atoms with E-state index in [0.717, 1.165) is 11.3 Å². The number of carbonyl (C=O) groups excluding carboxylic acids is 1. The van der Waals surface area contributed by atoms with E-state index in [1.165, 1.54) is 24.0 Å². The minimum Gasteiger partial charge on any atom is -0.310 e. The Hall–Kier alpha value is -4.40. The van der Waals surface area contributed by atoms with Crippen molar-refractivity contribution in [2.24, 2.45) is 0 Å². The normalized spacial score (nSPS) is 11.2. The lowest BCUT2D eigenvalue weighted by molar-refractivity contribution is -0.115. The average Bonchev–Trinajstić information content (AvgIpc) is 3.40. The number of nitrogens with one attached hydrogen (secondary N) is 1. The van der Waals surface area contributed by atoms with Gasteiger partial charge in [0.05, 0.1) is 29.4 Å². The number of nitrogens with zero attached hydrogens (tertiary/aromatic N) is 6. The monoisotopic (exact) mass is 455 g/mol. The number of fused-ring (bicyclic) bond motifs is 1. The van der Waals surface area contributed by atoms with Crippen molar-refractivity contribution in [1.82, 2.24) is 29.5 Å². The lowest BCUT2D eigenvalue weighted by Crippen LogP contribution is -2.17. The third-order valence-electron chi connectivity index (χ3n) is 5.66. The van der Waals surface area contributed by atoms with E-state index in [2.05, 4.69) is 45.4 Å². The molecule has 3 heterocycles. The van der Waals surface area contributed by atoms with E-state index >= 15 is 0 Å². The number of hydrogen-bond donors (Lipinski definition) is 1. The van der Waals surface area contributed by atoms with Crippen molar-refractivity contribution in [3.63, 3.8) is 0 Å².